The van der Waals surface area contributed by atoms with E-state index in [0.29, 0.717) is 12.4 Å². The molecule has 1 aliphatic rings. The molecule has 1 aromatic heterocycles. The van der Waals surface area contributed by atoms with Crippen LogP contribution in [-0.2, 0) is 6.42 Å². The minimum atomic E-state index is -0.620. The van der Waals surface area contributed by atoms with Crippen LogP contribution in [0.15, 0.2) is 6.07 Å². The molecule has 1 unspecified atom stereocenters. The van der Waals surface area contributed by atoms with E-state index in [-0.39, 0.29) is 0 Å². The standard InChI is InChI=1S/C12H20N4O/c1-3-4-10-14-9(13)7-11(15-10)16-6-5-12(2,17)8-16/h7,17H,3-6,8H2,1-2H3,(H2,13,14,15). The lowest BCUT2D eigenvalue weighted by atomic mass is 10.1. The van der Waals surface area contributed by atoms with E-state index < -0.39 is 5.60 Å². The van der Waals surface area contributed by atoms with Crippen molar-refractivity contribution in [1.29, 1.82) is 0 Å². The molecule has 0 amide bonds. The van der Waals surface area contributed by atoms with Crippen molar-refractivity contribution in [2.75, 3.05) is 23.7 Å². The van der Waals surface area contributed by atoms with Gasteiger partial charge in [0.2, 0.25) is 0 Å². The summed E-state index contributed by atoms with van der Waals surface area (Å²) in [4.78, 5) is 10.8. The van der Waals surface area contributed by atoms with E-state index in [1.807, 2.05) is 6.92 Å². The van der Waals surface area contributed by atoms with Crippen LogP contribution in [0.25, 0.3) is 0 Å². The average molecular weight is 236 g/mol. The van der Waals surface area contributed by atoms with Gasteiger partial charge in [-0.15, -0.1) is 0 Å². The van der Waals surface area contributed by atoms with E-state index in [0.717, 1.165) is 37.4 Å². The summed E-state index contributed by atoms with van der Waals surface area (Å²) in [6.07, 6.45) is 2.60. The normalized spacial score (nSPS) is 24.3. The number of aryl methyl sites for hydroxylation is 1. The number of β-amino-alcohol motifs (C(OH)–C–C–N with tert-alkyl or cyclic N) is 1. The zero-order valence-electron chi connectivity index (χ0n) is 10.5. The van der Waals surface area contributed by atoms with Crippen LogP contribution in [0.2, 0.25) is 0 Å². The number of anilines is 2. The second-order valence-electron chi connectivity index (χ2n) is 4.99. The van der Waals surface area contributed by atoms with Gasteiger partial charge in [0, 0.05) is 25.6 Å². The molecule has 1 fully saturated rings. The third-order valence-electron chi connectivity index (χ3n) is 3.03. The first kappa shape index (κ1) is 12.1. The summed E-state index contributed by atoms with van der Waals surface area (Å²) in [5.41, 5.74) is 5.16. The first-order valence-electron chi connectivity index (χ1n) is 6.11. The summed E-state index contributed by atoms with van der Waals surface area (Å²) in [7, 11) is 0. The van der Waals surface area contributed by atoms with Crippen molar-refractivity contribution < 1.29 is 5.11 Å². The number of aromatic nitrogens is 2. The van der Waals surface area contributed by atoms with Gasteiger partial charge in [0.05, 0.1) is 5.60 Å². The van der Waals surface area contributed by atoms with Gasteiger partial charge in [-0.1, -0.05) is 6.92 Å². The van der Waals surface area contributed by atoms with Crippen LogP contribution in [0.5, 0.6) is 0 Å². The van der Waals surface area contributed by atoms with Crippen LogP contribution in [0, 0.1) is 0 Å². The number of hydrogen-bond donors (Lipinski definition) is 2. The summed E-state index contributed by atoms with van der Waals surface area (Å²) in [5.74, 6) is 2.12. The van der Waals surface area contributed by atoms with Crippen LogP contribution in [0.3, 0.4) is 0 Å². The fourth-order valence-electron chi connectivity index (χ4n) is 2.14. The Kier molecular flexibility index (Phi) is 3.19. The second-order valence-corrected chi connectivity index (χ2v) is 4.99. The molecule has 1 saturated heterocycles. The Morgan fingerprint density at radius 2 is 2.29 bits per heavy atom. The molecule has 2 heterocycles. The highest BCUT2D eigenvalue weighted by molar-refractivity contribution is 5.48. The maximum Gasteiger partial charge on any atom is 0.134 e. The lowest BCUT2D eigenvalue weighted by Crippen LogP contribution is -2.30. The zero-order valence-corrected chi connectivity index (χ0v) is 10.5. The molecule has 5 nitrogen and oxygen atoms in total. The third kappa shape index (κ3) is 2.85. The molecule has 17 heavy (non-hydrogen) atoms. The number of nitrogen functional groups attached to an aromatic ring is 1. The first-order valence-corrected chi connectivity index (χ1v) is 6.11. The van der Waals surface area contributed by atoms with Gasteiger partial charge >= 0.3 is 0 Å². The van der Waals surface area contributed by atoms with Crippen LogP contribution < -0.4 is 10.6 Å². The van der Waals surface area contributed by atoms with Crippen LogP contribution in [0.1, 0.15) is 32.5 Å². The van der Waals surface area contributed by atoms with Gasteiger partial charge in [-0.25, -0.2) is 9.97 Å². The van der Waals surface area contributed by atoms with Gasteiger partial charge in [-0.05, 0) is 19.8 Å². The third-order valence-corrected chi connectivity index (χ3v) is 3.03. The Labute approximate surface area is 102 Å². The number of rotatable bonds is 3. The van der Waals surface area contributed by atoms with Crippen molar-refractivity contribution in [1.82, 2.24) is 9.97 Å². The Morgan fingerprint density at radius 1 is 1.53 bits per heavy atom. The van der Waals surface area contributed by atoms with E-state index in [9.17, 15) is 5.11 Å². The summed E-state index contributed by atoms with van der Waals surface area (Å²) in [6.45, 7) is 5.36. The molecule has 0 aliphatic carbocycles. The minimum absolute atomic E-state index is 0.505. The minimum Gasteiger partial charge on any atom is -0.388 e. The van der Waals surface area contributed by atoms with Gasteiger partial charge in [0.1, 0.15) is 17.5 Å². The van der Waals surface area contributed by atoms with Crippen molar-refractivity contribution in [2.24, 2.45) is 0 Å². The molecule has 3 N–H and O–H groups in total. The van der Waals surface area contributed by atoms with Gasteiger partial charge < -0.3 is 15.7 Å². The van der Waals surface area contributed by atoms with E-state index in [4.69, 9.17) is 5.73 Å². The number of aliphatic hydroxyl groups is 1. The fraction of sp³-hybridized carbons (Fsp3) is 0.667. The smallest absolute Gasteiger partial charge is 0.134 e. The number of hydrogen-bond acceptors (Lipinski definition) is 5. The quantitative estimate of drug-likeness (QED) is 0.818. The molecular weight excluding hydrogens is 216 g/mol. The van der Waals surface area contributed by atoms with E-state index >= 15 is 0 Å². The lowest BCUT2D eigenvalue weighted by molar-refractivity contribution is 0.0839. The Hall–Kier alpha value is -1.36. The zero-order chi connectivity index (χ0) is 12.5. The maximum absolute atomic E-state index is 9.95. The number of nitrogens with two attached hydrogens (primary N) is 1. The highest BCUT2D eigenvalue weighted by Crippen LogP contribution is 2.25. The highest BCUT2D eigenvalue weighted by atomic mass is 16.3. The van der Waals surface area contributed by atoms with E-state index in [2.05, 4.69) is 21.8 Å². The van der Waals surface area contributed by atoms with Crippen molar-refractivity contribution >= 4 is 11.6 Å². The predicted octanol–water partition coefficient (Wildman–Crippen LogP) is 0.972. The van der Waals surface area contributed by atoms with E-state index in [1.165, 1.54) is 0 Å². The summed E-state index contributed by atoms with van der Waals surface area (Å²) in [5, 5.41) is 9.95. The molecule has 0 radical (unpaired) electrons. The topological polar surface area (TPSA) is 75.3 Å². The van der Waals surface area contributed by atoms with Crippen LogP contribution in [0.4, 0.5) is 11.6 Å². The second kappa shape index (κ2) is 4.49. The fourth-order valence-corrected chi connectivity index (χ4v) is 2.14. The molecule has 1 atom stereocenters. The maximum atomic E-state index is 9.95. The van der Waals surface area contributed by atoms with Gasteiger partial charge in [-0.3, -0.25) is 0 Å². The molecule has 2 rings (SSSR count). The van der Waals surface area contributed by atoms with Gasteiger partial charge in [-0.2, -0.15) is 0 Å². The Morgan fingerprint density at radius 3 is 2.88 bits per heavy atom. The molecule has 0 aromatic carbocycles. The molecule has 94 valence electrons. The van der Waals surface area contributed by atoms with Crippen molar-refractivity contribution in [3.63, 3.8) is 0 Å². The molecular formula is C12H20N4O. The summed E-state index contributed by atoms with van der Waals surface area (Å²) < 4.78 is 0. The van der Waals surface area contributed by atoms with Gasteiger partial charge in [0.15, 0.2) is 0 Å². The molecule has 0 saturated carbocycles. The first-order chi connectivity index (χ1) is 8.00. The molecule has 1 aliphatic heterocycles. The molecule has 5 heteroatoms. The van der Waals surface area contributed by atoms with Crippen LogP contribution in [-0.4, -0.2) is 33.8 Å². The number of nitrogens with zero attached hydrogens (tertiary/aromatic N) is 3. The largest absolute Gasteiger partial charge is 0.388 e. The highest BCUT2D eigenvalue weighted by Gasteiger charge is 2.32. The van der Waals surface area contributed by atoms with Crippen molar-refractivity contribution in [3.8, 4) is 0 Å². The summed E-state index contributed by atoms with van der Waals surface area (Å²) >= 11 is 0. The SMILES string of the molecule is CCCc1nc(N)cc(N2CCC(C)(O)C2)n1. The lowest BCUT2D eigenvalue weighted by Gasteiger charge is -2.20. The van der Waals surface area contributed by atoms with Crippen LogP contribution >= 0.6 is 0 Å². The monoisotopic (exact) mass is 236 g/mol. The summed E-state index contributed by atoms with van der Waals surface area (Å²) in [6, 6.07) is 1.78. The molecule has 0 spiro atoms. The Balaban J connectivity index is 2.21. The average Bonchev–Trinajstić information content (AvgIpc) is 2.58. The van der Waals surface area contributed by atoms with Crippen molar-refractivity contribution in [3.05, 3.63) is 11.9 Å². The van der Waals surface area contributed by atoms with Crippen molar-refractivity contribution in [2.45, 2.75) is 38.7 Å². The predicted molar refractivity (Wildman–Crippen MR) is 67.9 cm³/mol. The Bertz CT molecular complexity index is 405. The molecule has 1 aromatic rings. The molecule has 0 bridgehead atoms. The van der Waals surface area contributed by atoms with Gasteiger partial charge in [0.25, 0.3) is 0 Å². The van der Waals surface area contributed by atoms with E-state index in [1.54, 1.807) is 6.07 Å².